The number of halogens is 4. The van der Waals surface area contributed by atoms with Gasteiger partial charge in [0.1, 0.15) is 0 Å². The minimum Gasteiger partial charge on any atom is -0.369 e. The normalized spacial score (nSPS) is 17.3. The zero-order chi connectivity index (χ0) is 14.9. The number of alkyl halides is 3. The molecule has 4 nitrogen and oxygen atoms in total. The summed E-state index contributed by atoms with van der Waals surface area (Å²) in [6.45, 7) is 0.672. The maximum atomic E-state index is 13.7. The van der Waals surface area contributed by atoms with Gasteiger partial charge in [0.15, 0.2) is 11.6 Å². The van der Waals surface area contributed by atoms with E-state index in [-0.39, 0.29) is 11.7 Å². The highest BCUT2D eigenvalue weighted by atomic mass is 19.4. The summed E-state index contributed by atoms with van der Waals surface area (Å²) in [5.41, 5.74) is 4.06. The van der Waals surface area contributed by atoms with Gasteiger partial charge in [-0.15, -0.1) is 0 Å². The van der Waals surface area contributed by atoms with Gasteiger partial charge in [-0.3, -0.25) is 4.79 Å². The minimum absolute atomic E-state index is 0.124. The van der Waals surface area contributed by atoms with Crippen LogP contribution < -0.4 is 10.6 Å². The number of rotatable bonds is 2. The van der Waals surface area contributed by atoms with Crippen molar-refractivity contribution < 1.29 is 22.4 Å². The van der Waals surface area contributed by atoms with E-state index in [2.05, 4.69) is 4.98 Å². The highest BCUT2D eigenvalue weighted by molar-refractivity contribution is 5.77. The molecule has 1 aromatic heterocycles. The Balaban J connectivity index is 2.13. The maximum Gasteiger partial charge on any atom is 0.417 e. The molecule has 0 saturated carbocycles. The van der Waals surface area contributed by atoms with Crippen LogP contribution in [0.3, 0.4) is 0 Å². The van der Waals surface area contributed by atoms with Crippen LogP contribution in [0.1, 0.15) is 18.4 Å². The fraction of sp³-hybridized carbons (Fsp3) is 0.500. The number of pyridine rings is 1. The average molecular weight is 291 g/mol. The fourth-order valence-corrected chi connectivity index (χ4v) is 2.19. The van der Waals surface area contributed by atoms with Crippen molar-refractivity contribution >= 4 is 11.7 Å². The lowest BCUT2D eigenvalue weighted by Crippen LogP contribution is -2.39. The number of nitrogens with zero attached hydrogens (tertiary/aromatic N) is 2. The van der Waals surface area contributed by atoms with Crippen molar-refractivity contribution in [1.82, 2.24) is 4.98 Å². The summed E-state index contributed by atoms with van der Waals surface area (Å²) in [4.78, 5) is 16.1. The molecule has 0 aliphatic carbocycles. The number of aromatic nitrogens is 1. The molecule has 110 valence electrons. The molecule has 0 unspecified atom stereocenters. The number of anilines is 1. The Morgan fingerprint density at radius 3 is 2.40 bits per heavy atom. The molecule has 2 heterocycles. The molecule has 8 heteroatoms. The van der Waals surface area contributed by atoms with E-state index < -0.39 is 23.5 Å². The lowest BCUT2D eigenvalue weighted by molar-refractivity contribution is -0.138. The molecule has 1 aromatic rings. The molecule has 20 heavy (non-hydrogen) atoms. The van der Waals surface area contributed by atoms with Crippen LogP contribution in [0.5, 0.6) is 0 Å². The first-order chi connectivity index (χ1) is 9.29. The zero-order valence-corrected chi connectivity index (χ0v) is 10.5. The number of primary amides is 1. The lowest BCUT2D eigenvalue weighted by atomic mass is 9.96. The molecule has 1 saturated heterocycles. The summed E-state index contributed by atoms with van der Waals surface area (Å²) in [6, 6.07) is 0.433. The minimum atomic E-state index is -4.62. The van der Waals surface area contributed by atoms with Crippen molar-refractivity contribution in [1.29, 1.82) is 0 Å². The second kappa shape index (κ2) is 5.26. The van der Waals surface area contributed by atoms with E-state index in [4.69, 9.17) is 5.73 Å². The molecule has 2 rings (SSSR count). The van der Waals surface area contributed by atoms with Crippen LogP contribution >= 0.6 is 0 Å². The Labute approximate surface area is 112 Å². The summed E-state index contributed by atoms with van der Waals surface area (Å²) in [5.74, 6) is -1.83. The van der Waals surface area contributed by atoms with Crippen molar-refractivity contribution in [2.45, 2.75) is 19.0 Å². The van der Waals surface area contributed by atoms with Crippen LogP contribution in [0, 0.1) is 11.7 Å². The summed E-state index contributed by atoms with van der Waals surface area (Å²) in [6.07, 6.45) is -3.13. The monoisotopic (exact) mass is 291 g/mol. The van der Waals surface area contributed by atoms with E-state index in [0.29, 0.717) is 38.2 Å². The molecule has 1 fully saturated rings. The van der Waals surface area contributed by atoms with E-state index in [1.807, 2.05) is 0 Å². The number of amides is 1. The third-order valence-electron chi connectivity index (χ3n) is 3.35. The van der Waals surface area contributed by atoms with Gasteiger partial charge in [-0.25, -0.2) is 9.37 Å². The quantitative estimate of drug-likeness (QED) is 0.847. The van der Waals surface area contributed by atoms with Gasteiger partial charge >= 0.3 is 6.18 Å². The molecule has 1 amide bonds. The lowest BCUT2D eigenvalue weighted by Gasteiger charge is -2.31. The number of piperidine rings is 1. The second-order valence-corrected chi connectivity index (χ2v) is 4.69. The van der Waals surface area contributed by atoms with Gasteiger partial charge in [0.25, 0.3) is 0 Å². The zero-order valence-electron chi connectivity index (χ0n) is 10.5. The number of nitrogens with two attached hydrogens (primary N) is 1. The highest BCUT2D eigenvalue weighted by Gasteiger charge is 2.33. The van der Waals surface area contributed by atoms with Gasteiger partial charge < -0.3 is 10.6 Å². The Morgan fingerprint density at radius 1 is 1.35 bits per heavy atom. The first-order valence-corrected chi connectivity index (χ1v) is 6.06. The van der Waals surface area contributed by atoms with Gasteiger partial charge in [0.05, 0.1) is 5.56 Å². The number of hydrogen-bond acceptors (Lipinski definition) is 3. The van der Waals surface area contributed by atoms with Gasteiger partial charge in [0.2, 0.25) is 5.91 Å². The van der Waals surface area contributed by atoms with E-state index in [1.165, 1.54) is 4.90 Å². The number of carbonyl (C=O) groups excluding carboxylic acids is 1. The van der Waals surface area contributed by atoms with E-state index in [9.17, 15) is 22.4 Å². The molecular formula is C12H13F4N3O. The van der Waals surface area contributed by atoms with Gasteiger partial charge in [-0.1, -0.05) is 0 Å². The molecule has 0 bridgehead atoms. The van der Waals surface area contributed by atoms with E-state index >= 15 is 0 Å². The molecule has 1 aliphatic rings. The van der Waals surface area contributed by atoms with Crippen LogP contribution in [-0.4, -0.2) is 24.0 Å². The molecule has 1 aliphatic heterocycles. The van der Waals surface area contributed by atoms with Gasteiger partial charge in [0, 0.05) is 25.2 Å². The molecule has 0 radical (unpaired) electrons. The SMILES string of the molecule is NC(=O)C1CCN(c2ncc(C(F)(F)F)cc2F)CC1. The maximum absolute atomic E-state index is 13.7. The van der Waals surface area contributed by atoms with Crippen LogP contribution in [0.15, 0.2) is 12.3 Å². The average Bonchev–Trinajstić information content (AvgIpc) is 2.37. The van der Waals surface area contributed by atoms with Gasteiger partial charge in [-0.2, -0.15) is 13.2 Å². The molecule has 0 aromatic carbocycles. The van der Waals surface area contributed by atoms with Crippen molar-refractivity contribution in [2.75, 3.05) is 18.0 Å². The Hall–Kier alpha value is -1.86. The van der Waals surface area contributed by atoms with Gasteiger partial charge in [-0.05, 0) is 18.9 Å². The Bertz CT molecular complexity index is 510. The van der Waals surface area contributed by atoms with Crippen LogP contribution in [0.25, 0.3) is 0 Å². The van der Waals surface area contributed by atoms with E-state index in [1.54, 1.807) is 0 Å². The van der Waals surface area contributed by atoms with Crippen molar-refractivity contribution in [2.24, 2.45) is 11.7 Å². The molecular weight excluding hydrogens is 278 g/mol. The topological polar surface area (TPSA) is 59.2 Å². The Morgan fingerprint density at radius 2 is 1.95 bits per heavy atom. The molecule has 0 spiro atoms. The third-order valence-corrected chi connectivity index (χ3v) is 3.35. The molecule has 2 N–H and O–H groups in total. The summed E-state index contributed by atoms with van der Waals surface area (Å²) in [7, 11) is 0. The summed E-state index contributed by atoms with van der Waals surface area (Å²) >= 11 is 0. The summed E-state index contributed by atoms with van der Waals surface area (Å²) < 4.78 is 51.0. The predicted octanol–water partition coefficient (Wildman–Crippen LogP) is 1.94. The van der Waals surface area contributed by atoms with E-state index in [0.717, 1.165) is 0 Å². The molecule has 0 atom stereocenters. The fourth-order valence-electron chi connectivity index (χ4n) is 2.19. The summed E-state index contributed by atoms with van der Waals surface area (Å²) in [5, 5.41) is 0. The third kappa shape index (κ3) is 3.00. The first-order valence-electron chi connectivity index (χ1n) is 6.06. The first kappa shape index (κ1) is 14.5. The standard InChI is InChI=1S/C12H13F4N3O/c13-9-5-8(12(14,15)16)6-18-11(9)19-3-1-7(2-4-19)10(17)20/h5-7H,1-4H2,(H2,17,20). The van der Waals surface area contributed by atoms with Crippen molar-refractivity contribution in [3.8, 4) is 0 Å². The largest absolute Gasteiger partial charge is 0.417 e. The van der Waals surface area contributed by atoms with Crippen molar-refractivity contribution in [3.05, 3.63) is 23.6 Å². The van der Waals surface area contributed by atoms with Crippen LogP contribution in [0.2, 0.25) is 0 Å². The van der Waals surface area contributed by atoms with Crippen LogP contribution in [0.4, 0.5) is 23.4 Å². The second-order valence-electron chi connectivity index (χ2n) is 4.69. The smallest absolute Gasteiger partial charge is 0.369 e. The highest BCUT2D eigenvalue weighted by Crippen LogP contribution is 2.31. The number of carbonyl (C=O) groups is 1. The van der Waals surface area contributed by atoms with Crippen LogP contribution in [-0.2, 0) is 11.0 Å². The predicted molar refractivity (Wildman–Crippen MR) is 63.3 cm³/mol. The van der Waals surface area contributed by atoms with Crippen molar-refractivity contribution in [3.63, 3.8) is 0 Å². The number of hydrogen-bond donors (Lipinski definition) is 1. The Kier molecular flexibility index (Phi) is 3.82.